The van der Waals surface area contributed by atoms with Gasteiger partial charge in [0.15, 0.2) is 6.61 Å². The second kappa shape index (κ2) is 7.05. The Labute approximate surface area is 145 Å². The molecule has 0 saturated carbocycles. The molecule has 2 heterocycles. The molecular weight excluding hydrogens is 324 g/mol. The zero-order chi connectivity index (χ0) is 17.1. The largest absolute Gasteiger partial charge is 0.484 e. The van der Waals surface area contributed by atoms with Crippen LogP contribution in [0.3, 0.4) is 0 Å². The first-order chi connectivity index (χ1) is 11.5. The second-order valence-electron chi connectivity index (χ2n) is 5.93. The molecule has 0 aliphatic carbocycles. The monoisotopic (exact) mass is 344 g/mol. The first kappa shape index (κ1) is 16.5. The molecule has 0 radical (unpaired) electrons. The summed E-state index contributed by atoms with van der Waals surface area (Å²) in [5.41, 5.74) is 3.08. The van der Waals surface area contributed by atoms with Crippen LogP contribution >= 0.6 is 11.3 Å². The number of hydrogen-bond acceptors (Lipinski definition) is 4. The Bertz CT molecular complexity index is 769. The van der Waals surface area contributed by atoms with E-state index in [9.17, 15) is 9.59 Å². The molecule has 0 unspecified atom stereocenters. The van der Waals surface area contributed by atoms with Gasteiger partial charge in [0, 0.05) is 24.0 Å². The maximum Gasteiger partial charge on any atom is 0.260 e. The Morgan fingerprint density at radius 3 is 2.92 bits per heavy atom. The van der Waals surface area contributed by atoms with E-state index >= 15 is 0 Å². The third kappa shape index (κ3) is 3.76. The number of anilines is 1. The number of likely N-dealkylation sites (N-methyl/N-ethyl adjacent to an activating group) is 1. The highest BCUT2D eigenvalue weighted by molar-refractivity contribution is 7.10. The predicted octanol–water partition coefficient (Wildman–Crippen LogP) is 2.98. The van der Waals surface area contributed by atoms with Crippen molar-refractivity contribution in [3.05, 3.63) is 45.6 Å². The van der Waals surface area contributed by atoms with Crippen LogP contribution in [0.4, 0.5) is 5.69 Å². The van der Waals surface area contributed by atoms with Crippen molar-refractivity contribution in [2.75, 3.05) is 19.0 Å². The second-order valence-corrected chi connectivity index (χ2v) is 6.93. The van der Waals surface area contributed by atoms with Gasteiger partial charge in [0.2, 0.25) is 5.91 Å². The molecule has 1 aromatic carbocycles. The summed E-state index contributed by atoms with van der Waals surface area (Å²) >= 11 is 1.66. The molecule has 0 atom stereocenters. The van der Waals surface area contributed by atoms with E-state index in [2.05, 4.69) is 11.4 Å². The van der Waals surface area contributed by atoms with Crippen LogP contribution in [0, 0.1) is 6.92 Å². The molecule has 3 rings (SSSR count). The van der Waals surface area contributed by atoms with Gasteiger partial charge in [-0.2, -0.15) is 0 Å². The van der Waals surface area contributed by atoms with Crippen LogP contribution < -0.4 is 10.1 Å². The van der Waals surface area contributed by atoms with Crippen LogP contribution in [0.15, 0.2) is 29.6 Å². The third-order valence-electron chi connectivity index (χ3n) is 4.11. The SMILES string of the molecule is Cc1ccsc1CN(C)C(=O)COc1ccc2c(c1)CCC(=O)N2. The minimum atomic E-state index is -0.0613. The van der Waals surface area contributed by atoms with Gasteiger partial charge in [0.25, 0.3) is 5.91 Å². The zero-order valence-corrected chi connectivity index (χ0v) is 14.6. The molecule has 0 spiro atoms. The quantitative estimate of drug-likeness (QED) is 0.907. The van der Waals surface area contributed by atoms with Gasteiger partial charge < -0.3 is 15.0 Å². The highest BCUT2D eigenvalue weighted by Crippen LogP contribution is 2.26. The maximum atomic E-state index is 12.2. The average Bonchev–Trinajstić information content (AvgIpc) is 2.97. The molecule has 1 N–H and O–H groups in total. The first-order valence-corrected chi connectivity index (χ1v) is 8.73. The number of benzene rings is 1. The van der Waals surface area contributed by atoms with Crippen molar-refractivity contribution in [3.63, 3.8) is 0 Å². The Morgan fingerprint density at radius 2 is 2.17 bits per heavy atom. The van der Waals surface area contributed by atoms with Crippen molar-refractivity contribution in [1.29, 1.82) is 0 Å². The fourth-order valence-corrected chi connectivity index (χ4v) is 3.53. The number of rotatable bonds is 5. The van der Waals surface area contributed by atoms with Crippen LogP contribution in [0.5, 0.6) is 5.75 Å². The summed E-state index contributed by atoms with van der Waals surface area (Å²) < 4.78 is 5.63. The molecule has 0 saturated heterocycles. The van der Waals surface area contributed by atoms with Gasteiger partial charge >= 0.3 is 0 Å². The predicted molar refractivity (Wildman–Crippen MR) is 94.4 cm³/mol. The van der Waals surface area contributed by atoms with Gasteiger partial charge in [-0.1, -0.05) is 0 Å². The Balaban J connectivity index is 1.56. The van der Waals surface area contributed by atoms with Gasteiger partial charge in [-0.25, -0.2) is 0 Å². The van der Waals surface area contributed by atoms with Crippen LogP contribution in [-0.2, 0) is 22.6 Å². The van der Waals surface area contributed by atoms with E-state index in [1.165, 1.54) is 10.4 Å². The number of nitrogens with one attached hydrogen (secondary N) is 1. The minimum absolute atomic E-state index is 0.00602. The maximum absolute atomic E-state index is 12.2. The molecule has 2 aromatic rings. The lowest BCUT2D eigenvalue weighted by Gasteiger charge is -2.19. The first-order valence-electron chi connectivity index (χ1n) is 7.85. The normalized spacial score (nSPS) is 13.2. The molecule has 24 heavy (non-hydrogen) atoms. The van der Waals surface area contributed by atoms with Gasteiger partial charge in [-0.15, -0.1) is 11.3 Å². The summed E-state index contributed by atoms with van der Waals surface area (Å²) in [6.07, 6.45) is 1.18. The number of fused-ring (bicyclic) bond motifs is 1. The van der Waals surface area contributed by atoms with Gasteiger partial charge in [-0.05, 0) is 54.1 Å². The molecule has 2 amide bonds. The molecule has 0 bridgehead atoms. The molecule has 1 aliphatic heterocycles. The average molecular weight is 344 g/mol. The van der Waals surface area contributed by atoms with Crippen LogP contribution in [0.25, 0.3) is 0 Å². The van der Waals surface area contributed by atoms with E-state index in [1.807, 2.05) is 24.4 Å². The molecule has 1 aliphatic rings. The zero-order valence-electron chi connectivity index (χ0n) is 13.8. The van der Waals surface area contributed by atoms with Crippen LogP contribution in [0.1, 0.15) is 22.4 Å². The Hall–Kier alpha value is -2.34. The summed E-state index contributed by atoms with van der Waals surface area (Å²) in [7, 11) is 1.78. The number of ether oxygens (including phenoxy) is 1. The van der Waals surface area contributed by atoms with E-state index < -0.39 is 0 Å². The molecule has 6 heteroatoms. The van der Waals surface area contributed by atoms with E-state index in [1.54, 1.807) is 29.4 Å². The molecule has 5 nitrogen and oxygen atoms in total. The minimum Gasteiger partial charge on any atom is -0.484 e. The van der Waals surface area contributed by atoms with E-state index in [-0.39, 0.29) is 18.4 Å². The summed E-state index contributed by atoms with van der Waals surface area (Å²) in [5.74, 6) is 0.629. The summed E-state index contributed by atoms with van der Waals surface area (Å²) in [4.78, 5) is 26.5. The van der Waals surface area contributed by atoms with Gasteiger partial charge in [0.1, 0.15) is 5.75 Å². The number of hydrogen-bond donors (Lipinski definition) is 1. The van der Waals surface area contributed by atoms with Crippen molar-refractivity contribution in [3.8, 4) is 5.75 Å². The van der Waals surface area contributed by atoms with E-state index in [4.69, 9.17) is 4.74 Å². The fourth-order valence-electron chi connectivity index (χ4n) is 2.57. The number of nitrogens with zero attached hydrogens (tertiary/aromatic N) is 1. The molecular formula is C18H20N2O3S. The highest BCUT2D eigenvalue weighted by Gasteiger charge is 2.16. The Morgan fingerprint density at radius 1 is 1.33 bits per heavy atom. The topological polar surface area (TPSA) is 58.6 Å². The smallest absolute Gasteiger partial charge is 0.260 e. The van der Waals surface area contributed by atoms with Crippen molar-refractivity contribution in [2.45, 2.75) is 26.3 Å². The molecule has 126 valence electrons. The van der Waals surface area contributed by atoms with Crippen molar-refractivity contribution in [2.24, 2.45) is 0 Å². The van der Waals surface area contributed by atoms with Crippen molar-refractivity contribution in [1.82, 2.24) is 4.90 Å². The standard InChI is InChI=1S/C18H20N2O3S/c1-12-7-8-24-16(12)10-20(2)18(22)11-23-14-4-5-15-13(9-14)3-6-17(21)19-15/h4-5,7-9H,3,6,10-11H2,1-2H3,(H,19,21). The summed E-state index contributed by atoms with van der Waals surface area (Å²) in [6, 6.07) is 7.55. The lowest BCUT2D eigenvalue weighted by atomic mass is 10.0. The number of amides is 2. The van der Waals surface area contributed by atoms with Crippen molar-refractivity contribution >= 4 is 28.8 Å². The van der Waals surface area contributed by atoms with Gasteiger partial charge in [0.05, 0.1) is 6.54 Å². The van der Waals surface area contributed by atoms with Crippen LogP contribution in [-0.4, -0.2) is 30.4 Å². The number of aryl methyl sites for hydroxylation is 2. The highest BCUT2D eigenvalue weighted by atomic mass is 32.1. The van der Waals surface area contributed by atoms with Gasteiger partial charge in [-0.3, -0.25) is 9.59 Å². The third-order valence-corrected chi connectivity index (χ3v) is 5.12. The number of carbonyl (C=O) groups excluding carboxylic acids is 2. The Kier molecular flexibility index (Phi) is 4.85. The fraction of sp³-hybridized carbons (Fsp3) is 0.333. The lowest BCUT2D eigenvalue weighted by molar-refractivity contribution is -0.132. The molecule has 0 fully saturated rings. The summed E-state index contributed by atoms with van der Waals surface area (Å²) in [6.45, 7) is 2.65. The van der Waals surface area contributed by atoms with Crippen LogP contribution in [0.2, 0.25) is 0 Å². The van der Waals surface area contributed by atoms with E-state index in [0.717, 1.165) is 11.3 Å². The van der Waals surface area contributed by atoms with E-state index in [0.29, 0.717) is 25.1 Å². The van der Waals surface area contributed by atoms with Crippen molar-refractivity contribution < 1.29 is 14.3 Å². The summed E-state index contributed by atoms with van der Waals surface area (Å²) in [5, 5.41) is 4.86. The lowest BCUT2D eigenvalue weighted by Crippen LogP contribution is -2.30. The number of thiophene rings is 1. The molecule has 1 aromatic heterocycles. The number of carbonyl (C=O) groups is 2.